The Morgan fingerprint density at radius 1 is 0.221 bits per heavy atom. The topological polar surface area (TPSA) is 65.2 Å². The van der Waals surface area contributed by atoms with Crippen LogP contribution in [0.2, 0.25) is 0 Å². The third kappa shape index (κ3) is 5.30. The second-order valence-electron chi connectivity index (χ2n) is 21.0. The lowest BCUT2D eigenvalue weighted by Gasteiger charge is -2.38. The van der Waals surface area contributed by atoms with Gasteiger partial charge in [-0.25, -0.2) is 0 Å². The Labute approximate surface area is 441 Å². The van der Waals surface area contributed by atoms with Crippen LogP contribution in [-0.2, 0) is 0 Å². The fourth-order valence-electron chi connectivity index (χ4n) is 13.9. The molecule has 0 N–H and O–H groups in total. The van der Waals surface area contributed by atoms with E-state index in [1.165, 1.54) is 21.5 Å². The van der Waals surface area contributed by atoms with Gasteiger partial charge in [0.2, 0.25) is 0 Å². The number of benzene rings is 11. The summed E-state index contributed by atoms with van der Waals surface area (Å²) in [6.45, 7) is -0.605. The van der Waals surface area contributed by atoms with Crippen molar-refractivity contribution in [1.29, 1.82) is 0 Å². The lowest BCUT2D eigenvalue weighted by atomic mass is 9.30. The van der Waals surface area contributed by atoms with Crippen molar-refractivity contribution in [2.24, 2.45) is 0 Å². The van der Waals surface area contributed by atoms with E-state index in [2.05, 4.69) is 191 Å². The molecule has 19 rings (SSSR count). The maximum absolute atomic E-state index is 7.17. The summed E-state index contributed by atoms with van der Waals surface area (Å²) in [4.78, 5) is 0. The molecule has 0 radical (unpaired) electrons. The van der Waals surface area contributed by atoms with Crippen LogP contribution in [0.1, 0.15) is 0 Å². The molecule has 0 unspecified atom stereocenters. The van der Waals surface area contributed by atoms with E-state index in [4.69, 9.17) is 28.4 Å². The minimum Gasteiger partial charge on any atom is -0.458 e. The number of para-hydroxylation sites is 6. The Hall–Kier alpha value is -9.99. The Bertz CT molecular complexity index is 4480. The van der Waals surface area contributed by atoms with Crippen LogP contribution in [0.15, 0.2) is 212 Å². The van der Waals surface area contributed by atoms with E-state index in [1.807, 2.05) is 30.3 Å². The lowest BCUT2D eigenvalue weighted by Crippen LogP contribution is -2.63. The van der Waals surface area contributed by atoms with E-state index < -0.39 is 0 Å². The molecule has 0 fully saturated rings. The molecule has 0 aliphatic carbocycles. The molecule has 6 aliphatic rings. The number of rotatable bonds is 2. The van der Waals surface area contributed by atoms with Gasteiger partial charge in [-0.2, -0.15) is 0 Å². The zero-order chi connectivity index (χ0) is 49.8. The molecule has 0 saturated carbocycles. The number of ether oxygens (including phenoxy) is 6. The third-order valence-electron chi connectivity index (χ3n) is 17.1. The Morgan fingerprint density at radius 2 is 0.506 bits per heavy atom. The molecule has 2 aromatic heterocycles. The van der Waals surface area contributed by atoms with Crippen LogP contribution in [0.3, 0.4) is 0 Å². The summed E-state index contributed by atoms with van der Waals surface area (Å²) in [6, 6.07) is 74.8. The molecule has 8 nitrogen and oxygen atoms in total. The van der Waals surface area contributed by atoms with Gasteiger partial charge < -0.3 is 37.6 Å². The van der Waals surface area contributed by atoms with E-state index in [9.17, 15) is 0 Å². The van der Waals surface area contributed by atoms with E-state index in [1.54, 1.807) is 0 Å². The maximum Gasteiger partial charge on any atom is 0.260 e. The average Bonchev–Trinajstić information content (AvgIpc) is 4.08. The largest absolute Gasteiger partial charge is 0.458 e. The van der Waals surface area contributed by atoms with Crippen molar-refractivity contribution < 1.29 is 28.4 Å². The van der Waals surface area contributed by atoms with Gasteiger partial charge in [0, 0.05) is 74.3 Å². The zero-order valence-corrected chi connectivity index (χ0v) is 40.8. The van der Waals surface area contributed by atoms with Gasteiger partial charge in [-0.05, 0) is 81.3 Å². The van der Waals surface area contributed by atoms with Crippen molar-refractivity contribution in [3.8, 4) is 80.4 Å². The molecule has 354 valence electrons. The molecule has 13 aromatic rings. The van der Waals surface area contributed by atoms with Crippen LogP contribution in [0.4, 0.5) is 0 Å². The first-order valence-electron chi connectivity index (χ1n) is 26.2. The van der Waals surface area contributed by atoms with E-state index >= 15 is 0 Å². The summed E-state index contributed by atoms with van der Waals surface area (Å²) in [5.74, 6) is 9.20. The van der Waals surface area contributed by atoms with Crippen molar-refractivity contribution in [2.45, 2.75) is 0 Å². The number of hydrogen-bond donors (Lipinski definition) is 0. The van der Waals surface area contributed by atoms with Gasteiger partial charge >= 0.3 is 0 Å². The second kappa shape index (κ2) is 14.4. The van der Waals surface area contributed by atoms with Crippen LogP contribution in [0.25, 0.3) is 55.0 Å². The molecule has 0 spiro atoms. The SMILES string of the molecule is c1ccc2c(c1)Oc1cc(-n3c4ccccc4c4ccccc43)cc3c1B2c1cc2c(cc1O3)Oc1cccc3c1B2c1cc2c(cc1O3)Oc1cc(-n3c4ccccc4c4ccccc43)cc3c1B2c1ccccc1O3. The number of nitrogens with zero attached hydrogens (tertiary/aromatic N) is 2. The smallest absolute Gasteiger partial charge is 0.260 e. The molecule has 0 atom stereocenters. The fourth-order valence-corrected chi connectivity index (χ4v) is 13.9. The Balaban J connectivity index is 0.790. The third-order valence-corrected chi connectivity index (χ3v) is 17.1. The first-order valence-corrected chi connectivity index (χ1v) is 26.2. The second-order valence-corrected chi connectivity index (χ2v) is 21.0. The highest BCUT2D eigenvalue weighted by Crippen LogP contribution is 2.45. The van der Waals surface area contributed by atoms with Gasteiger partial charge in [0.05, 0.1) is 33.4 Å². The maximum atomic E-state index is 7.17. The van der Waals surface area contributed by atoms with E-state index in [0.29, 0.717) is 0 Å². The molecule has 8 heterocycles. The molecular formula is C66H35B3N2O6. The van der Waals surface area contributed by atoms with Crippen molar-refractivity contribution in [2.75, 3.05) is 0 Å². The van der Waals surface area contributed by atoms with Crippen LogP contribution >= 0.6 is 0 Å². The van der Waals surface area contributed by atoms with Gasteiger partial charge in [-0.1, -0.05) is 127 Å². The summed E-state index contributed by atoms with van der Waals surface area (Å²) >= 11 is 0. The molecule has 11 heteroatoms. The average molecular weight is 984 g/mol. The highest BCUT2D eigenvalue weighted by molar-refractivity contribution is 7.02. The highest BCUT2D eigenvalue weighted by atomic mass is 16.5. The molecule has 0 bridgehead atoms. The van der Waals surface area contributed by atoms with Gasteiger partial charge in [0.25, 0.3) is 20.1 Å². The predicted molar refractivity (Wildman–Crippen MR) is 308 cm³/mol. The lowest BCUT2D eigenvalue weighted by molar-refractivity contribution is 0.448. The van der Waals surface area contributed by atoms with Crippen LogP contribution < -0.4 is 77.6 Å². The quantitative estimate of drug-likeness (QED) is 0.161. The number of aromatic nitrogens is 2. The van der Waals surface area contributed by atoms with Crippen molar-refractivity contribution in [1.82, 2.24) is 9.13 Å². The fraction of sp³-hybridized carbons (Fsp3) is 0. The molecule has 77 heavy (non-hydrogen) atoms. The summed E-state index contributed by atoms with van der Waals surface area (Å²) in [5, 5.41) is 4.77. The number of hydrogen-bond acceptors (Lipinski definition) is 6. The molecular weight excluding hydrogens is 949 g/mol. The van der Waals surface area contributed by atoms with E-state index in [-0.39, 0.29) is 20.1 Å². The highest BCUT2D eigenvalue weighted by Gasteiger charge is 2.48. The van der Waals surface area contributed by atoms with Crippen molar-refractivity contribution in [3.63, 3.8) is 0 Å². The summed E-state index contributed by atoms with van der Waals surface area (Å²) in [7, 11) is 0. The summed E-state index contributed by atoms with van der Waals surface area (Å²) in [5.41, 5.74) is 15.7. The van der Waals surface area contributed by atoms with E-state index in [0.717, 1.165) is 152 Å². The normalized spacial score (nSPS) is 14.0. The Kier molecular flexibility index (Phi) is 7.58. The monoisotopic (exact) mass is 984 g/mol. The van der Waals surface area contributed by atoms with Crippen LogP contribution in [0, 0.1) is 0 Å². The van der Waals surface area contributed by atoms with Crippen molar-refractivity contribution in [3.05, 3.63) is 212 Å². The molecule has 6 aliphatic heterocycles. The zero-order valence-electron chi connectivity index (χ0n) is 40.8. The Morgan fingerprint density at radius 3 is 0.896 bits per heavy atom. The van der Waals surface area contributed by atoms with Crippen LogP contribution in [0.5, 0.6) is 69.0 Å². The number of fused-ring (bicyclic) bond motifs is 18. The van der Waals surface area contributed by atoms with Crippen molar-refractivity contribution >= 4 is 113 Å². The van der Waals surface area contributed by atoms with Gasteiger partial charge in [0.15, 0.2) is 0 Å². The van der Waals surface area contributed by atoms with Gasteiger partial charge in [0.1, 0.15) is 69.0 Å². The molecule has 0 amide bonds. The summed E-state index contributed by atoms with van der Waals surface area (Å²) < 4.78 is 46.8. The molecule has 0 saturated heterocycles. The van der Waals surface area contributed by atoms with Crippen LogP contribution in [-0.4, -0.2) is 29.3 Å². The standard InChI is InChI=1S/C66H35B3N2O6/c1-7-20-48-38(14-1)39-15-2-8-21-49(39)70(48)36-28-60-65-62(30-36)76-58-34-56-46(32-44(58)67(65)42-18-5-11-24-52(42)72-60)69-47-33-45-59(35-57(47)75-55-27-13-26-54(74-56)64(55)69)77-63-31-37(29-61-66(63)68(45)43-19-6-12-25-53(43)73-61)71-50-22-9-3-16-40(50)41-17-4-10-23-51(41)71/h1-35H. The first kappa shape index (κ1) is 40.4. The first-order chi connectivity index (χ1) is 38.1. The molecule has 11 aromatic carbocycles. The van der Waals surface area contributed by atoms with Gasteiger partial charge in [-0.3, -0.25) is 0 Å². The minimum absolute atomic E-state index is 0.180. The predicted octanol–water partition coefficient (Wildman–Crippen LogP) is 10.1. The van der Waals surface area contributed by atoms with Gasteiger partial charge in [-0.15, -0.1) is 0 Å². The minimum atomic E-state index is -0.244. The summed E-state index contributed by atoms with van der Waals surface area (Å²) in [6.07, 6.45) is 0.